The van der Waals surface area contributed by atoms with Crippen molar-refractivity contribution in [1.29, 1.82) is 0 Å². The molecule has 0 unspecified atom stereocenters. The quantitative estimate of drug-likeness (QED) is 0.355. The van der Waals surface area contributed by atoms with Gasteiger partial charge in [0.05, 0.1) is 0 Å². The van der Waals surface area contributed by atoms with Gasteiger partial charge in [0, 0.05) is 5.92 Å². The molecule has 6 nitrogen and oxygen atoms in total. The number of carbonyl (C=O) groups is 2. The molecule has 0 radical (unpaired) electrons. The lowest BCUT2D eigenvalue weighted by Gasteiger charge is -2.19. The van der Waals surface area contributed by atoms with E-state index in [-0.39, 0.29) is 19.1 Å². The smallest absolute Gasteiger partial charge is 0.407 e. The lowest BCUT2D eigenvalue weighted by Crippen LogP contribution is -2.42. The minimum absolute atomic E-state index is 0.0356. The van der Waals surface area contributed by atoms with Crippen LogP contribution in [0.2, 0.25) is 0 Å². The summed E-state index contributed by atoms with van der Waals surface area (Å²) in [5, 5.41) is 2.65. The van der Waals surface area contributed by atoms with Gasteiger partial charge in [0.25, 0.3) is 0 Å². The fourth-order valence-electron chi connectivity index (χ4n) is 3.77. The molecule has 0 fully saturated rings. The summed E-state index contributed by atoms with van der Waals surface area (Å²) in [4.78, 5) is 24.7. The van der Waals surface area contributed by atoms with Crippen LogP contribution in [0.3, 0.4) is 0 Å². The maximum Gasteiger partial charge on any atom is 0.407 e. The molecule has 2 aromatic carbocycles. The first kappa shape index (κ1) is 21.6. The second-order valence-electron chi connectivity index (χ2n) is 7.23. The lowest BCUT2D eigenvalue weighted by atomic mass is 9.98. The van der Waals surface area contributed by atoms with Crippen molar-refractivity contribution < 1.29 is 19.1 Å². The first-order chi connectivity index (χ1) is 14.7. The Morgan fingerprint density at radius 2 is 1.67 bits per heavy atom. The van der Waals surface area contributed by atoms with Gasteiger partial charge in [0.15, 0.2) is 0 Å². The number of hydrogen-bond donors (Lipinski definition) is 2. The van der Waals surface area contributed by atoms with E-state index in [9.17, 15) is 9.59 Å². The van der Waals surface area contributed by atoms with E-state index in [2.05, 4.69) is 36.2 Å². The second kappa shape index (κ2) is 10.6. The van der Waals surface area contributed by atoms with Crippen molar-refractivity contribution >= 4 is 12.1 Å². The van der Waals surface area contributed by atoms with Crippen LogP contribution in [0.5, 0.6) is 0 Å². The van der Waals surface area contributed by atoms with Crippen molar-refractivity contribution in [2.45, 2.75) is 31.2 Å². The largest absolute Gasteiger partial charge is 0.460 e. The summed E-state index contributed by atoms with van der Waals surface area (Å²) >= 11 is 0. The summed E-state index contributed by atoms with van der Waals surface area (Å²) in [7, 11) is 0. The predicted molar refractivity (Wildman–Crippen MR) is 116 cm³/mol. The minimum atomic E-state index is -0.771. The zero-order valence-corrected chi connectivity index (χ0v) is 17.0. The summed E-state index contributed by atoms with van der Waals surface area (Å²) in [6.07, 6.45) is 2.76. The van der Waals surface area contributed by atoms with Gasteiger partial charge in [0.1, 0.15) is 19.3 Å². The number of fused-ring (bicyclic) bond motifs is 3. The molecule has 0 aromatic heterocycles. The van der Waals surface area contributed by atoms with E-state index in [1.807, 2.05) is 24.3 Å². The first-order valence-electron chi connectivity index (χ1n) is 10.2. The van der Waals surface area contributed by atoms with Crippen LogP contribution in [0.25, 0.3) is 11.1 Å². The molecule has 3 N–H and O–H groups in total. The van der Waals surface area contributed by atoms with Crippen LogP contribution in [0.1, 0.15) is 36.3 Å². The molecule has 1 aliphatic carbocycles. The number of rotatable bonds is 10. The van der Waals surface area contributed by atoms with Crippen LogP contribution in [-0.4, -0.2) is 37.9 Å². The van der Waals surface area contributed by atoms with Crippen molar-refractivity contribution in [3.63, 3.8) is 0 Å². The van der Waals surface area contributed by atoms with Crippen LogP contribution in [0, 0.1) is 0 Å². The summed E-state index contributed by atoms with van der Waals surface area (Å²) in [5.74, 6) is -0.535. The average molecular weight is 408 g/mol. The SMILES string of the molecule is C=CCOC(=O)[C@@H](CCCCN)NC(=O)OCC1c2ccccc2-c2ccccc21. The van der Waals surface area contributed by atoms with Gasteiger partial charge in [-0.15, -0.1) is 0 Å². The lowest BCUT2D eigenvalue weighted by molar-refractivity contribution is -0.145. The molecule has 0 saturated heterocycles. The number of alkyl carbamates (subject to hydrolysis) is 1. The Morgan fingerprint density at radius 3 is 2.27 bits per heavy atom. The van der Waals surface area contributed by atoms with E-state index in [4.69, 9.17) is 15.2 Å². The summed E-state index contributed by atoms with van der Waals surface area (Å²) in [5.41, 5.74) is 10.1. The van der Waals surface area contributed by atoms with Crippen molar-refractivity contribution in [3.8, 4) is 11.1 Å². The summed E-state index contributed by atoms with van der Waals surface area (Å²) in [6, 6.07) is 15.5. The number of nitrogens with one attached hydrogen (secondary N) is 1. The molecule has 1 atom stereocenters. The van der Waals surface area contributed by atoms with Gasteiger partial charge in [0.2, 0.25) is 0 Å². The fraction of sp³-hybridized carbons (Fsp3) is 0.333. The van der Waals surface area contributed by atoms with Gasteiger partial charge in [-0.2, -0.15) is 0 Å². The number of ether oxygens (including phenoxy) is 2. The van der Waals surface area contributed by atoms with Crippen LogP contribution < -0.4 is 11.1 Å². The maximum absolute atomic E-state index is 12.5. The molecule has 6 heteroatoms. The zero-order chi connectivity index (χ0) is 21.3. The van der Waals surface area contributed by atoms with Crippen LogP contribution in [0.4, 0.5) is 4.79 Å². The van der Waals surface area contributed by atoms with Crippen LogP contribution >= 0.6 is 0 Å². The molecule has 0 saturated carbocycles. The Balaban J connectivity index is 1.63. The molecule has 2 aromatic rings. The average Bonchev–Trinajstić information content (AvgIpc) is 3.09. The normalized spacial score (nSPS) is 13.1. The molecule has 3 rings (SSSR count). The van der Waals surface area contributed by atoms with E-state index in [0.29, 0.717) is 19.4 Å². The molecule has 30 heavy (non-hydrogen) atoms. The number of nitrogens with two attached hydrogens (primary N) is 1. The fourth-order valence-corrected chi connectivity index (χ4v) is 3.77. The Labute approximate surface area is 177 Å². The highest BCUT2D eigenvalue weighted by Crippen LogP contribution is 2.44. The van der Waals surface area contributed by atoms with Crippen LogP contribution in [-0.2, 0) is 14.3 Å². The van der Waals surface area contributed by atoms with E-state index in [0.717, 1.165) is 28.7 Å². The number of esters is 1. The topological polar surface area (TPSA) is 90.6 Å². The van der Waals surface area contributed by atoms with Gasteiger partial charge in [-0.3, -0.25) is 0 Å². The van der Waals surface area contributed by atoms with Crippen molar-refractivity contribution in [2.24, 2.45) is 5.73 Å². The van der Waals surface area contributed by atoms with Gasteiger partial charge in [-0.1, -0.05) is 61.2 Å². The maximum atomic E-state index is 12.5. The zero-order valence-electron chi connectivity index (χ0n) is 17.0. The van der Waals surface area contributed by atoms with E-state index in [1.54, 1.807) is 0 Å². The molecule has 1 aliphatic rings. The monoisotopic (exact) mass is 408 g/mol. The highest BCUT2D eigenvalue weighted by Gasteiger charge is 2.29. The van der Waals surface area contributed by atoms with E-state index in [1.165, 1.54) is 6.08 Å². The molecule has 0 heterocycles. The highest BCUT2D eigenvalue weighted by molar-refractivity contribution is 5.82. The number of amides is 1. The second-order valence-corrected chi connectivity index (χ2v) is 7.23. The van der Waals surface area contributed by atoms with Crippen molar-refractivity contribution in [3.05, 3.63) is 72.3 Å². The van der Waals surface area contributed by atoms with Crippen molar-refractivity contribution in [1.82, 2.24) is 5.32 Å². The number of unbranched alkanes of at least 4 members (excludes halogenated alkanes) is 1. The van der Waals surface area contributed by atoms with Gasteiger partial charge in [-0.05, 0) is 48.1 Å². The summed E-state index contributed by atoms with van der Waals surface area (Å²) in [6.45, 7) is 4.35. The third kappa shape index (κ3) is 5.07. The molecular formula is C24H28N2O4. The molecule has 1 amide bonds. The Kier molecular flexibility index (Phi) is 7.63. The first-order valence-corrected chi connectivity index (χ1v) is 10.2. The predicted octanol–water partition coefficient (Wildman–Crippen LogP) is 3.75. The molecular weight excluding hydrogens is 380 g/mol. The minimum Gasteiger partial charge on any atom is -0.460 e. The number of carbonyl (C=O) groups excluding carboxylic acids is 2. The van der Waals surface area contributed by atoms with E-state index >= 15 is 0 Å². The number of benzene rings is 2. The van der Waals surface area contributed by atoms with E-state index < -0.39 is 18.1 Å². The van der Waals surface area contributed by atoms with Gasteiger partial charge in [-0.25, -0.2) is 9.59 Å². The third-order valence-corrected chi connectivity index (χ3v) is 5.21. The Hall–Kier alpha value is -3.12. The summed E-state index contributed by atoms with van der Waals surface area (Å²) < 4.78 is 10.6. The highest BCUT2D eigenvalue weighted by atomic mass is 16.6. The van der Waals surface area contributed by atoms with Crippen LogP contribution in [0.15, 0.2) is 61.2 Å². The Bertz CT molecular complexity index is 851. The molecule has 158 valence electrons. The molecule has 0 aliphatic heterocycles. The molecule has 0 bridgehead atoms. The van der Waals surface area contributed by atoms with Gasteiger partial charge < -0.3 is 20.5 Å². The van der Waals surface area contributed by atoms with Gasteiger partial charge >= 0.3 is 12.1 Å². The van der Waals surface area contributed by atoms with Crippen molar-refractivity contribution in [2.75, 3.05) is 19.8 Å². The number of hydrogen-bond acceptors (Lipinski definition) is 5. The Morgan fingerprint density at radius 1 is 1.03 bits per heavy atom. The standard InChI is InChI=1S/C24H28N2O4/c1-2-15-29-23(27)22(13-7-8-14-25)26-24(28)30-16-21-19-11-5-3-9-17(19)18-10-4-6-12-20(18)21/h2-6,9-12,21-22H,1,7-8,13-16,25H2,(H,26,28)/t22-/m1/s1. The molecule has 0 spiro atoms. The third-order valence-electron chi connectivity index (χ3n) is 5.21.